The summed E-state index contributed by atoms with van der Waals surface area (Å²) in [6.07, 6.45) is 9.48. The van der Waals surface area contributed by atoms with Gasteiger partial charge in [-0.3, -0.25) is 4.79 Å². The molecule has 27 heavy (non-hydrogen) atoms. The summed E-state index contributed by atoms with van der Waals surface area (Å²) in [4.78, 5) is 20.2. The van der Waals surface area contributed by atoms with Crippen LogP contribution in [0.4, 0.5) is 0 Å². The van der Waals surface area contributed by atoms with Crippen LogP contribution in [0.2, 0.25) is 0 Å². The van der Waals surface area contributed by atoms with E-state index in [1.165, 1.54) is 25.7 Å². The molecule has 2 aliphatic heterocycles. The number of benzene rings is 1. The minimum atomic E-state index is -0.00307. The van der Waals surface area contributed by atoms with Crippen molar-refractivity contribution in [2.45, 2.75) is 75.4 Å². The molecule has 2 bridgehead atoms. The summed E-state index contributed by atoms with van der Waals surface area (Å²) in [6.45, 7) is 0. The lowest BCUT2D eigenvalue weighted by Gasteiger charge is -2.47. The van der Waals surface area contributed by atoms with Crippen LogP contribution >= 0.6 is 12.4 Å². The number of nitrogens with one attached hydrogen (secondary N) is 1. The fourth-order valence-electron chi connectivity index (χ4n) is 4.98. The second-order valence-electron chi connectivity index (χ2n) is 8.38. The Morgan fingerprint density at radius 2 is 1.85 bits per heavy atom. The minimum absolute atomic E-state index is 0. The molecule has 1 amide bonds. The van der Waals surface area contributed by atoms with Crippen LogP contribution in [0, 0.1) is 0 Å². The third-order valence-electron chi connectivity index (χ3n) is 6.81. The summed E-state index contributed by atoms with van der Waals surface area (Å²) < 4.78 is 5.93. The van der Waals surface area contributed by atoms with Gasteiger partial charge in [-0.15, -0.1) is 12.4 Å². The molecule has 1 aliphatic carbocycles. The number of rotatable bonds is 3. The molecule has 146 valence electrons. The molecule has 1 aromatic carbocycles. The summed E-state index contributed by atoms with van der Waals surface area (Å²) in [7, 11) is 2.24. The molecule has 1 saturated carbocycles. The fraction of sp³-hybridized carbons (Fsp3) is 0.619. The Kier molecular flexibility index (Phi) is 5.17. The van der Waals surface area contributed by atoms with Gasteiger partial charge in [0, 0.05) is 24.0 Å². The quantitative estimate of drug-likeness (QED) is 0.851. The van der Waals surface area contributed by atoms with Crippen molar-refractivity contribution in [2.75, 3.05) is 7.05 Å². The van der Waals surface area contributed by atoms with Gasteiger partial charge in [-0.25, -0.2) is 4.98 Å². The van der Waals surface area contributed by atoms with E-state index in [0.29, 0.717) is 23.6 Å². The molecule has 5 rings (SSSR count). The van der Waals surface area contributed by atoms with Crippen molar-refractivity contribution in [3.05, 3.63) is 29.7 Å². The summed E-state index contributed by atoms with van der Waals surface area (Å²) >= 11 is 0. The van der Waals surface area contributed by atoms with Crippen LogP contribution in [-0.4, -0.2) is 41.0 Å². The maximum atomic E-state index is 13.0. The van der Waals surface area contributed by atoms with Crippen molar-refractivity contribution in [3.63, 3.8) is 0 Å². The van der Waals surface area contributed by atoms with Gasteiger partial charge < -0.3 is 14.6 Å². The van der Waals surface area contributed by atoms with Crippen molar-refractivity contribution < 1.29 is 9.21 Å². The SMILES string of the molecule is CN1C2CCCC1CC(NC(=O)c1cccc3oc(C4CCC4)nc13)C2.Cl. The van der Waals surface area contributed by atoms with Gasteiger partial charge in [0.2, 0.25) is 0 Å². The van der Waals surface area contributed by atoms with Gasteiger partial charge in [0.1, 0.15) is 5.52 Å². The van der Waals surface area contributed by atoms with Crippen LogP contribution in [0.15, 0.2) is 22.6 Å². The zero-order valence-electron chi connectivity index (χ0n) is 15.8. The number of hydrogen-bond donors (Lipinski definition) is 1. The Labute approximate surface area is 166 Å². The van der Waals surface area contributed by atoms with E-state index in [9.17, 15) is 4.79 Å². The number of para-hydroxylation sites is 1. The highest BCUT2D eigenvalue weighted by Crippen LogP contribution is 2.37. The molecular formula is C21H28ClN3O2. The molecule has 3 heterocycles. The average Bonchev–Trinajstić information content (AvgIpc) is 2.97. The summed E-state index contributed by atoms with van der Waals surface area (Å²) in [6, 6.07) is 7.18. The van der Waals surface area contributed by atoms with E-state index in [1.807, 2.05) is 18.2 Å². The van der Waals surface area contributed by atoms with Gasteiger partial charge >= 0.3 is 0 Å². The second-order valence-corrected chi connectivity index (χ2v) is 8.38. The summed E-state index contributed by atoms with van der Waals surface area (Å²) in [5, 5.41) is 3.30. The van der Waals surface area contributed by atoms with Gasteiger partial charge in [0.25, 0.3) is 5.91 Å². The highest BCUT2D eigenvalue weighted by molar-refractivity contribution is 6.04. The molecule has 2 atom stereocenters. The number of carbonyl (C=O) groups is 1. The molecule has 3 aliphatic rings. The normalized spacial score (nSPS) is 28.4. The monoisotopic (exact) mass is 389 g/mol. The number of piperidine rings is 2. The summed E-state index contributed by atoms with van der Waals surface area (Å²) in [5.41, 5.74) is 2.11. The van der Waals surface area contributed by atoms with Crippen molar-refractivity contribution >= 4 is 29.4 Å². The van der Waals surface area contributed by atoms with Crippen LogP contribution in [0.5, 0.6) is 0 Å². The number of halogens is 1. The lowest BCUT2D eigenvalue weighted by Crippen LogP contribution is -2.55. The van der Waals surface area contributed by atoms with Crippen LogP contribution in [-0.2, 0) is 0 Å². The average molecular weight is 390 g/mol. The number of nitrogens with zero attached hydrogens (tertiary/aromatic N) is 2. The Morgan fingerprint density at radius 3 is 2.52 bits per heavy atom. The van der Waals surface area contributed by atoms with E-state index in [1.54, 1.807) is 0 Å². The first kappa shape index (κ1) is 18.8. The number of hydrogen-bond acceptors (Lipinski definition) is 4. The van der Waals surface area contributed by atoms with Gasteiger partial charge in [0.15, 0.2) is 11.5 Å². The van der Waals surface area contributed by atoms with E-state index >= 15 is 0 Å². The highest BCUT2D eigenvalue weighted by Gasteiger charge is 2.36. The third kappa shape index (κ3) is 3.36. The fourth-order valence-corrected chi connectivity index (χ4v) is 4.98. The first-order chi connectivity index (χ1) is 12.7. The van der Waals surface area contributed by atoms with Crippen LogP contribution in [0.1, 0.15) is 73.5 Å². The molecule has 2 aromatic rings. The molecule has 6 heteroatoms. The Morgan fingerprint density at radius 1 is 1.15 bits per heavy atom. The minimum Gasteiger partial charge on any atom is -0.440 e. The molecule has 1 N–H and O–H groups in total. The van der Waals surface area contributed by atoms with Gasteiger partial charge in [-0.05, 0) is 57.7 Å². The number of fused-ring (bicyclic) bond motifs is 3. The van der Waals surface area contributed by atoms with Crippen LogP contribution in [0.3, 0.4) is 0 Å². The molecular weight excluding hydrogens is 362 g/mol. The lowest BCUT2D eigenvalue weighted by atomic mass is 9.82. The van der Waals surface area contributed by atoms with E-state index < -0.39 is 0 Å². The topological polar surface area (TPSA) is 58.4 Å². The van der Waals surface area contributed by atoms with E-state index in [0.717, 1.165) is 42.7 Å². The maximum Gasteiger partial charge on any atom is 0.253 e. The van der Waals surface area contributed by atoms with Crippen molar-refractivity contribution in [1.82, 2.24) is 15.2 Å². The third-order valence-corrected chi connectivity index (χ3v) is 6.81. The van der Waals surface area contributed by atoms with E-state index in [2.05, 4.69) is 22.2 Å². The largest absolute Gasteiger partial charge is 0.440 e. The van der Waals surface area contributed by atoms with Crippen molar-refractivity contribution in [3.8, 4) is 0 Å². The molecule has 3 fully saturated rings. The smallest absolute Gasteiger partial charge is 0.253 e. The van der Waals surface area contributed by atoms with E-state index in [4.69, 9.17) is 4.42 Å². The number of amides is 1. The maximum absolute atomic E-state index is 13.0. The highest BCUT2D eigenvalue weighted by atomic mass is 35.5. The molecule has 5 nitrogen and oxygen atoms in total. The van der Waals surface area contributed by atoms with Gasteiger partial charge in [-0.1, -0.05) is 18.9 Å². The first-order valence-corrected chi connectivity index (χ1v) is 10.1. The standard InChI is InChI=1S/C21H27N3O2.ClH/c1-24-15-7-3-8-16(24)12-14(11-15)22-20(25)17-9-4-10-18-19(17)23-21(26-18)13-5-2-6-13;/h4,9-10,13-16H,2-3,5-8,11-12H2,1H3,(H,22,25);1H. The predicted octanol–water partition coefficient (Wildman–Crippen LogP) is 4.26. The van der Waals surface area contributed by atoms with Crippen molar-refractivity contribution in [2.24, 2.45) is 0 Å². The van der Waals surface area contributed by atoms with Crippen LogP contribution in [0.25, 0.3) is 11.1 Å². The molecule has 0 spiro atoms. The molecule has 2 unspecified atom stereocenters. The zero-order valence-corrected chi connectivity index (χ0v) is 16.6. The van der Waals surface area contributed by atoms with Gasteiger partial charge in [0.05, 0.1) is 5.56 Å². The number of oxazole rings is 1. The molecule has 1 aromatic heterocycles. The Balaban J connectivity index is 0.00000180. The zero-order chi connectivity index (χ0) is 17.7. The molecule has 2 saturated heterocycles. The predicted molar refractivity (Wildman–Crippen MR) is 108 cm³/mol. The van der Waals surface area contributed by atoms with E-state index in [-0.39, 0.29) is 24.4 Å². The Hall–Kier alpha value is -1.59. The first-order valence-electron chi connectivity index (χ1n) is 10.1. The second kappa shape index (κ2) is 7.44. The van der Waals surface area contributed by atoms with Crippen LogP contribution < -0.4 is 5.32 Å². The van der Waals surface area contributed by atoms with Gasteiger partial charge in [-0.2, -0.15) is 0 Å². The molecule has 0 radical (unpaired) electrons. The summed E-state index contributed by atoms with van der Waals surface area (Å²) in [5.74, 6) is 1.24. The number of carbonyl (C=O) groups excluding carboxylic acids is 1. The number of aromatic nitrogens is 1. The Bertz CT molecular complexity index is 818. The van der Waals surface area contributed by atoms with Crippen molar-refractivity contribution in [1.29, 1.82) is 0 Å². The lowest BCUT2D eigenvalue weighted by molar-refractivity contribution is 0.0463.